The molecule has 0 amide bonds. The van der Waals surface area contributed by atoms with Crippen molar-refractivity contribution in [3.05, 3.63) is 179 Å². The number of aryl methyl sites for hydroxylation is 4. The minimum absolute atomic E-state index is 0. The Labute approximate surface area is 694 Å². The fourth-order valence-electron chi connectivity index (χ4n) is 24.2. The Balaban J connectivity index is 0.000000182. The summed E-state index contributed by atoms with van der Waals surface area (Å²) in [5.41, 5.74) is 22.8. The minimum Gasteiger partial charge on any atom is -0.497 e. The van der Waals surface area contributed by atoms with Crippen LogP contribution >= 0.6 is 0 Å². The van der Waals surface area contributed by atoms with Crippen molar-refractivity contribution in [2.45, 2.75) is 237 Å². The molecule has 4 aromatic carbocycles. The van der Waals surface area contributed by atoms with Gasteiger partial charge in [-0.3, -0.25) is 0 Å². The van der Waals surface area contributed by atoms with Crippen molar-refractivity contribution >= 4 is 18.9 Å². The molecule has 4 radical (unpaired) electrons. The van der Waals surface area contributed by atoms with Crippen LogP contribution in [0, 0.1) is 184 Å². The van der Waals surface area contributed by atoms with Crippen molar-refractivity contribution in [3.8, 4) is 35.3 Å². The summed E-state index contributed by atoms with van der Waals surface area (Å²) in [7, 11) is 7.02. The maximum absolute atomic E-state index is 11.4. The topological polar surface area (TPSA) is 77.4 Å². The van der Waals surface area contributed by atoms with Crippen LogP contribution in [0.5, 0.6) is 23.0 Å². The first-order valence-corrected chi connectivity index (χ1v) is 36.8. The van der Waals surface area contributed by atoms with Crippen molar-refractivity contribution in [3.63, 3.8) is 0 Å². The van der Waals surface area contributed by atoms with Crippen LogP contribution in [0.15, 0.2) is 120 Å². The number of terminal acetylenes is 1. The molecule has 6 nitrogen and oxygen atoms in total. The molecule has 12 aliphatic carbocycles. The van der Waals surface area contributed by atoms with Crippen LogP contribution in [0.1, 0.15) is 245 Å². The van der Waals surface area contributed by atoms with Crippen molar-refractivity contribution in [1.29, 1.82) is 0 Å². The van der Waals surface area contributed by atoms with Crippen molar-refractivity contribution in [2.75, 3.05) is 28.4 Å². The molecule has 0 spiro atoms. The van der Waals surface area contributed by atoms with Gasteiger partial charge in [0, 0.05) is 118 Å². The zero-order chi connectivity index (χ0) is 65.4. The van der Waals surface area contributed by atoms with Gasteiger partial charge >= 0.3 is 17.1 Å². The maximum Gasteiger partial charge on any atom is 2.00 e. The molecule has 12 unspecified atom stereocenters. The number of methoxy groups -OCH3 is 4. The average Bonchev–Trinajstić information content (AvgIpc) is 1.63. The Bertz CT molecular complexity index is 3570. The minimum atomic E-state index is -0.900. The van der Waals surface area contributed by atoms with Crippen molar-refractivity contribution in [1.82, 2.24) is 0 Å². The first-order valence-electron chi connectivity index (χ1n) is 36.8. The summed E-state index contributed by atoms with van der Waals surface area (Å²) in [4.78, 5) is 0. The monoisotopic (exact) mass is 1810 g/mol. The van der Waals surface area contributed by atoms with Gasteiger partial charge in [0.25, 0.3) is 0 Å². The predicted molar refractivity (Wildman–Crippen MR) is 397 cm³/mol. The molecule has 4 aromatic rings. The summed E-state index contributed by atoms with van der Waals surface area (Å²) in [5.74, 6) is 15.5. The molecule has 8 fully saturated rings. The molecule has 528 valence electrons. The smallest absolute Gasteiger partial charge is 0.497 e. The van der Waals surface area contributed by atoms with E-state index >= 15 is 0 Å². The fraction of sp³-hybridized carbons (Fsp3) is 0.596. The largest absolute Gasteiger partial charge is 2.00 e. The molecule has 0 heterocycles. The molecular weight excluding hydrogens is 1690 g/mol. The van der Waals surface area contributed by atoms with Crippen LogP contribution in [0.25, 0.3) is 0 Å². The average molecular weight is 1810 g/mol. The Hall–Kier alpha value is -1.66. The van der Waals surface area contributed by atoms with Crippen LogP contribution in [0.4, 0.5) is 0 Å². The maximum atomic E-state index is 11.4. The number of fused-ring (bicyclic) bond motifs is 20. The normalized spacial score (nSPS) is 35.6. The summed E-state index contributed by atoms with van der Waals surface area (Å²) in [6, 6.07) is 26.8. The number of rotatable bonds is 5. The third kappa shape index (κ3) is 14.7. The van der Waals surface area contributed by atoms with E-state index in [2.05, 4.69) is 150 Å². The van der Waals surface area contributed by atoms with E-state index in [9.17, 15) is 10.2 Å². The summed E-state index contributed by atoms with van der Waals surface area (Å²) >= 11 is 0. The first-order chi connectivity index (χ1) is 44.8. The van der Waals surface area contributed by atoms with E-state index in [1.807, 2.05) is 6.92 Å². The van der Waals surface area contributed by atoms with E-state index in [0.717, 1.165) is 122 Å². The molecule has 10 heteroatoms. The van der Waals surface area contributed by atoms with Gasteiger partial charge in [-0.1, -0.05) is 64.5 Å². The van der Waals surface area contributed by atoms with Crippen LogP contribution < -0.4 is 18.9 Å². The van der Waals surface area contributed by atoms with Crippen LogP contribution in [0.3, 0.4) is 0 Å². The fourth-order valence-corrected chi connectivity index (χ4v) is 24.2. The molecule has 12 aliphatic rings. The van der Waals surface area contributed by atoms with Gasteiger partial charge < -0.3 is 44.0 Å². The molecule has 0 aliphatic heterocycles. The summed E-state index contributed by atoms with van der Waals surface area (Å²) in [6.07, 6.45) is 38.8. The Morgan fingerprint density at radius 3 is 1.09 bits per heavy atom. The second kappa shape index (κ2) is 34.1. The molecular formula is C89H118Ac2CuLiO6. The van der Waals surface area contributed by atoms with Crippen molar-refractivity contribution < 1.29 is 134 Å². The van der Waals surface area contributed by atoms with Crippen LogP contribution in [-0.2, 0) is 42.8 Å². The zero-order valence-electron chi connectivity index (χ0n) is 63.2. The molecule has 0 saturated heterocycles. The number of benzene rings is 4. The molecule has 8 saturated carbocycles. The van der Waals surface area contributed by atoms with Gasteiger partial charge in [0.15, 0.2) is 0 Å². The number of ether oxygens (including phenoxy) is 4. The molecule has 16 rings (SSSR count). The van der Waals surface area contributed by atoms with Gasteiger partial charge in [-0.15, -0.1) is 17.9 Å². The molecule has 99 heavy (non-hydrogen) atoms. The van der Waals surface area contributed by atoms with E-state index < -0.39 is 11.2 Å². The van der Waals surface area contributed by atoms with Crippen molar-refractivity contribution in [2.24, 2.45) is 69.0 Å². The van der Waals surface area contributed by atoms with E-state index in [-0.39, 0.29) is 150 Å². The number of aliphatic hydroxyl groups is 2. The summed E-state index contributed by atoms with van der Waals surface area (Å²) in [5, 5.41) is 22.3. The van der Waals surface area contributed by atoms with E-state index in [4.69, 9.17) is 25.4 Å². The van der Waals surface area contributed by atoms with Crippen LogP contribution in [-0.4, -0.2) is 68.7 Å². The van der Waals surface area contributed by atoms with Gasteiger partial charge in [-0.2, -0.15) is 0 Å². The predicted octanol–water partition coefficient (Wildman–Crippen LogP) is 20.6. The van der Waals surface area contributed by atoms with Gasteiger partial charge in [-0.25, -0.2) is 0 Å². The second-order valence-electron chi connectivity index (χ2n) is 32.4. The number of hydrogen-bond donors (Lipinski definition) is 2. The third-order valence-corrected chi connectivity index (χ3v) is 29.2. The molecule has 18 atom stereocenters. The first kappa shape index (κ1) is 84.6. The molecule has 0 aromatic heterocycles. The second-order valence-corrected chi connectivity index (χ2v) is 32.4. The zero-order valence-corrected chi connectivity index (χ0v) is 73.7. The van der Waals surface area contributed by atoms with Gasteiger partial charge in [0.1, 0.15) is 28.6 Å². The van der Waals surface area contributed by atoms with Gasteiger partial charge in [0.2, 0.25) is 0 Å². The third-order valence-electron chi connectivity index (χ3n) is 29.2. The Kier molecular flexibility index (Phi) is 29.1. The summed E-state index contributed by atoms with van der Waals surface area (Å²) < 4.78 is 21.7. The Morgan fingerprint density at radius 1 is 0.455 bits per heavy atom. The Morgan fingerprint density at radius 2 is 0.768 bits per heavy atom. The standard InChI is InChI=1S/C22H30O2.2C22H28O.C21H26O2.2CH3.2Ac.Cu.Li/c1-14(2)22(23)12-10-20-19-7-5-15-13-16(24-4)6-8-17(15)18(19)9-11-21(20,22)3;2*1-4-5-16-7-11-21-20-9-6-15-14-17(23-3)8-10-18(15)19(20)12-13-22(16,21)2;1-4-21(22)12-10-19-18-7-5-14-13-15(23-3)6-8-16(14)17(18)9-11-20(19,21)2;;;;;;/h6,8,13,18-20,23H,1,5,7,9-12H2,2-4H3;2*4,8,10,14,19-21H,6-7,9,11-13H2,1-3H3;1,6,8,13,17-19,22H,5,7,9-12H2,2-3H3;2*1H3;;;;/q;;;;2*-1;;;+2;/t18?,19?,20?,21-,22+;2*5?,19?,20?,21?,22-;17?,18?,19?,20-,21-;;;;;;/m0110....../s1. The van der Waals surface area contributed by atoms with E-state index in [1.54, 1.807) is 56.3 Å². The number of allylic oxidation sites excluding steroid dienone is 2. The van der Waals surface area contributed by atoms with E-state index in [0.29, 0.717) is 46.3 Å². The summed E-state index contributed by atoms with van der Waals surface area (Å²) in [6.45, 7) is 20.0. The molecule has 2 N–H and O–H groups in total. The SMILES string of the molecule is C#C[C@]1(O)CCC2C3CCc4cc(OC)ccc4C3CC[C@@]21C.C=C(C)[C@]1(O)CCC2C3CCc4cc(OC)ccc4C3CC[C@@]21C.CC=C=C1CCC2C3CCc4cc(OC)ccc4C3CC[C@]12C.CC=C=C1CCC2C3CCc4cc(OC)ccc4C3CC[C@]12C.[Ac].[Ac].[CH3-].[CH3-].[Cu+2].[Li]. The molecule has 0 bridgehead atoms. The van der Waals surface area contributed by atoms with Gasteiger partial charge in [0.05, 0.1) is 34.0 Å². The van der Waals surface area contributed by atoms with Crippen LogP contribution in [0.2, 0.25) is 0 Å². The van der Waals surface area contributed by atoms with E-state index in [1.165, 1.54) is 124 Å². The number of hydrogen-bond acceptors (Lipinski definition) is 6. The van der Waals surface area contributed by atoms with Gasteiger partial charge in [-0.05, 0) is 379 Å². The quantitative estimate of drug-likeness (QED) is 0.0682.